The highest BCUT2D eigenvalue weighted by atomic mass is 35.5. The van der Waals surface area contributed by atoms with Crippen molar-refractivity contribution in [3.05, 3.63) is 63.2 Å². The Morgan fingerprint density at radius 2 is 2.08 bits per heavy atom. The maximum absolute atomic E-state index is 12.9. The fourth-order valence-corrected chi connectivity index (χ4v) is 3.26. The number of benzene rings is 2. The van der Waals surface area contributed by atoms with Gasteiger partial charge in [-0.1, -0.05) is 29.8 Å². The van der Waals surface area contributed by atoms with Crippen LogP contribution in [0.2, 0.25) is 5.02 Å². The fraction of sp³-hybridized carbons (Fsp3) is 0.278. The quantitative estimate of drug-likeness (QED) is 0.610. The molecule has 0 aromatic heterocycles. The van der Waals surface area contributed by atoms with Crippen LogP contribution < -0.4 is 9.64 Å². The van der Waals surface area contributed by atoms with Gasteiger partial charge >= 0.3 is 0 Å². The molecule has 0 fully saturated rings. The molecule has 7 heteroatoms. The maximum atomic E-state index is 12.9. The van der Waals surface area contributed by atoms with Crippen LogP contribution in [0.3, 0.4) is 0 Å². The number of hydrogen-bond acceptors (Lipinski definition) is 4. The highest BCUT2D eigenvalue weighted by Crippen LogP contribution is 2.34. The van der Waals surface area contributed by atoms with E-state index in [1.807, 2.05) is 31.2 Å². The Kier molecular flexibility index (Phi) is 4.63. The average molecular weight is 361 g/mol. The van der Waals surface area contributed by atoms with Gasteiger partial charge < -0.3 is 9.64 Å². The van der Waals surface area contributed by atoms with Crippen molar-refractivity contribution in [3.63, 3.8) is 0 Å². The van der Waals surface area contributed by atoms with Crippen molar-refractivity contribution in [1.29, 1.82) is 0 Å². The minimum atomic E-state index is -0.771. The summed E-state index contributed by atoms with van der Waals surface area (Å²) in [6.07, 6.45) is 0.0278. The molecule has 0 saturated heterocycles. The van der Waals surface area contributed by atoms with Gasteiger partial charge in [-0.3, -0.25) is 14.9 Å². The van der Waals surface area contributed by atoms with E-state index in [0.29, 0.717) is 0 Å². The molecule has 0 aliphatic carbocycles. The monoisotopic (exact) mass is 360 g/mol. The number of halogens is 1. The number of ether oxygens (including phenoxy) is 1. The van der Waals surface area contributed by atoms with Gasteiger partial charge in [0, 0.05) is 23.9 Å². The number of hydrogen-bond donors (Lipinski definition) is 0. The summed E-state index contributed by atoms with van der Waals surface area (Å²) < 4.78 is 5.67. The SMILES string of the molecule is C[C@@H](Oc1ccc([N+](=O)[O-])cc1Cl)C(=O)N1c2ccccc2C[C@@H]1C. The molecule has 0 N–H and O–H groups in total. The van der Waals surface area contributed by atoms with Crippen LogP contribution in [0.4, 0.5) is 11.4 Å². The molecule has 2 aromatic rings. The molecule has 1 heterocycles. The van der Waals surface area contributed by atoms with Crippen molar-refractivity contribution in [2.24, 2.45) is 0 Å². The van der Waals surface area contributed by atoms with Gasteiger partial charge in [-0.05, 0) is 38.0 Å². The molecule has 6 nitrogen and oxygen atoms in total. The Bertz CT molecular complexity index is 840. The Labute approximate surface area is 150 Å². The van der Waals surface area contributed by atoms with E-state index >= 15 is 0 Å². The van der Waals surface area contributed by atoms with Crippen LogP contribution >= 0.6 is 11.6 Å². The lowest BCUT2D eigenvalue weighted by molar-refractivity contribution is -0.384. The first kappa shape index (κ1) is 17.2. The summed E-state index contributed by atoms with van der Waals surface area (Å²) in [6, 6.07) is 11.7. The second-order valence-corrected chi connectivity index (χ2v) is 6.43. The van der Waals surface area contributed by atoms with Gasteiger partial charge in [-0.25, -0.2) is 0 Å². The highest BCUT2D eigenvalue weighted by Gasteiger charge is 2.34. The van der Waals surface area contributed by atoms with Gasteiger partial charge in [0.2, 0.25) is 0 Å². The van der Waals surface area contributed by atoms with Gasteiger partial charge in [0.15, 0.2) is 6.10 Å². The Hall–Kier alpha value is -2.60. The van der Waals surface area contributed by atoms with Crippen molar-refractivity contribution in [3.8, 4) is 5.75 Å². The molecule has 1 aliphatic rings. The third kappa shape index (κ3) is 3.30. The highest BCUT2D eigenvalue weighted by molar-refractivity contribution is 6.32. The molecule has 2 atom stereocenters. The first-order chi connectivity index (χ1) is 11.9. The lowest BCUT2D eigenvalue weighted by Gasteiger charge is -2.26. The Morgan fingerprint density at radius 1 is 1.36 bits per heavy atom. The topological polar surface area (TPSA) is 72.7 Å². The number of nitro benzene ring substituents is 1. The van der Waals surface area contributed by atoms with E-state index in [4.69, 9.17) is 16.3 Å². The van der Waals surface area contributed by atoms with Gasteiger partial charge in [-0.15, -0.1) is 0 Å². The minimum absolute atomic E-state index is 0.0447. The molecule has 1 aliphatic heterocycles. The molecule has 0 saturated carbocycles. The summed E-state index contributed by atoms with van der Waals surface area (Å²) in [5, 5.41) is 10.9. The molecule has 0 bridgehead atoms. The number of carbonyl (C=O) groups excluding carboxylic acids is 1. The van der Waals surface area contributed by atoms with E-state index < -0.39 is 11.0 Å². The maximum Gasteiger partial charge on any atom is 0.271 e. The van der Waals surface area contributed by atoms with Gasteiger partial charge in [0.25, 0.3) is 11.6 Å². The summed E-state index contributed by atoms with van der Waals surface area (Å²) in [5.41, 5.74) is 1.90. The number of para-hydroxylation sites is 1. The van der Waals surface area contributed by atoms with Gasteiger partial charge in [-0.2, -0.15) is 0 Å². The second-order valence-electron chi connectivity index (χ2n) is 6.02. The molecule has 0 spiro atoms. The molecular weight excluding hydrogens is 344 g/mol. The van der Waals surface area contributed by atoms with Crippen LogP contribution in [0.15, 0.2) is 42.5 Å². The molecule has 130 valence electrons. The summed E-state index contributed by atoms with van der Waals surface area (Å²) in [7, 11) is 0. The van der Waals surface area contributed by atoms with E-state index in [1.54, 1.807) is 11.8 Å². The van der Waals surface area contributed by atoms with Crippen molar-refractivity contribution in [2.75, 3.05) is 4.90 Å². The van der Waals surface area contributed by atoms with Crippen molar-refractivity contribution >= 4 is 28.9 Å². The number of carbonyl (C=O) groups is 1. The largest absolute Gasteiger partial charge is 0.479 e. The van der Waals surface area contributed by atoms with Crippen LogP contribution in [0.1, 0.15) is 19.4 Å². The third-order valence-corrected chi connectivity index (χ3v) is 4.52. The summed E-state index contributed by atoms with van der Waals surface area (Å²) in [4.78, 5) is 24.8. The summed E-state index contributed by atoms with van der Waals surface area (Å²) in [5.74, 6) is 0.0696. The number of nitrogens with zero attached hydrogens (tertiary/aromatic N) is 2. The van der Waals surface area contributed by atoms with E-state index in [9.17, 15) is 14.9 Å². The number of amides is 1. The van der Waals surface area contributed by atoms with Crippen LogP contribution in [0.25, 0.3) is 0 Å². The number of rotatable bonds is 4. The smallest absolute Gasteiger partial charge is 0.271 e. The molecule has 2 aromatic carbocycles. The molecular formula is C18H17ClN2O4. The predicted octanol–water partition coefficient (Wildman–Crippen LogP) is 3.99. The van der Waals surface area contributed by atoms with E-state index in [0.717, 1.165) is 17.7 Å². The van der Waals surface area contributed by atoms with Gasteiger partial charge in [0.1, 0.15) is 5.75 Å². The average Bonchev–Trinajstić information content (AvgIpc) is 2.91. The lowest BCUT2D eigenvalue weighted by atomic mass is 10.1. The van der Waals surface area contributed by atoms with E-state index in [-0.39, 0.29) is 28.4 Å². The number of anilines is 1. The van der Waals surface area contributed by atoms with Gasteiger partial charge in [0.05, 0.1) is 9.95 Å². The number of non-ortho nitro benzene ring substituents is 1. The standard InChI is InChI=1S/C18H17ClN2O4/c1-11-9-13-5-3-4-6-16(13)20(11)18(22)12(2)25-17-8-7-14(21(23)24)10-15(17)19/h3-8,10-12H,9H2,1-2H3/t11-,12+/m0/s1. The molecule has 3 rings (SSSR count). The lowest BCUT2D eigenvalue weighted by Crippen LogP contribution is -2.43. The van der Waals surface area contributed by atoms with Crippen molar-refractivity contribution < 1.29 is 14.5 Å². The number of nitro groups is 1. The molecule has 0 radical (unpaired) electrons. The molecule has 0 unspecified atom stereocenters. The van der Waals surface area contributed by atoms with Crippen molar-refractivity contribution in [1.82, 2.24) is 0 Å². The minimum Gasteiger partial charge on any atom is -0.479 e. The van der Waals surface area contributed by atoms with E-state index in [1.165, 1.54) is 18.2 Å². The Balaban J connectivity index is 1.79. The molecule has 1 amide bonds. The van der Waals surface area contributed by atoms with Crippen LogP contribution in [-0.4, -0.2) is 23.0 Å². The van der Waals surface area contributed by atoms with Crippen molar-refractivity contribution in [2.45, 2.75) is 32.4 Å². The van der Waals surface area contributed by atoms with Crippen LogP contribution in [0.5, 0.6) is 5.75 Å². The van der Waals surface area contributed by atoms with Crippen LogP contribution in [0, 0.1) is 10.1 Å². The first-order valence-electron chi connectivity index (χ1n) is 7.90. The normalized spacial score (nSPS) is 17.1. The zero-order valence-corrected chi connectivity index (χ0v) is 14.6. The third-order valence-electron chi connectivity index (χ3n) is 4.22. The Morgan fingerprint density at radius 3 is 2.76 bits per heavy atom. The first-order valence-corrected chi connectivity index (χ1v) is 8.28. The number of fused-ring (bicyclic) bond motifs is 1. The zero-order valence-electron chi connectivity index (χ0n) is 13.8. The fourth-order valence-electron chi connectivity index (χ4n) is 3.04. The summed E-state index contributed by atoms with van der Waals surface area (Å²) in [6.45, 7) is 3.64. The zero-order chi connectivity index (χ0) is 18.1. The van der Waals surface area contributed by atoms with Crippen LogP contribution in [-0.2, 0) is 11.2 Å². The second kappa shape index (κ2) is 6.72. The summed E-state index contributed by atoms with van der Waals surface area (Å²) >= 11 is 6.04. The molecule has 25 heavy (non-hydrogen) atoms. The predicted molar refractivity (Wildman–Crippen MR) is 95.3 cm³/mol. The van der Waals surface area contributed by atoms with E-state index in [2.05, 4.69) is 0 Å².